The normalized spacial score (nSPS) is 15.5. The molecule has 0 bridgehead atoms. The summed E-state index contributed by atoms with van der Waals surface area (Å²) in [6.07, 6.45) is 1.84. The molecule has 16 nitrogen and oxygen atoms in total. The molecule has 0 aliphatic carbocycles. The van der Waals surface area contributed by atoms with Gasteiger partial charge in [-0.2, -0.15) is 0 Å². The number of carbonyl (C=O) groups is 6. The molecule has 2 aromatic rings. The number of amides is 3. The van der Waals surface area contributed by atoms with E-state index in [0.29, 0.717) is 57.1 Å². The summed E-state index contributed by atoms with van der Waals surface area (Å²) in [5, 5.41) is 36.4. The van der Waals surface area contributed by atoms with Crippen LogP contribution in [0.5, 0.6) is 0 Å². The maximum atomic E-state index is 13.1. The maximum Gasteiger partial charge on any atom is 0.317 e. The molecular formula is C35H49N7O9. The van der Waals surface area contributed by atoms with E-state index in [2.05, 4.69) is 16.0 Å². The van der Waals surface area contributed by atoms with Gasteiger partial charge in [-0.25, -0.2) is 0 Å². The summed E-state index contributed by atoms with van der Waals surface area (Å²) in [6, 6.07) is 14.1. The van der Waals surface area contributed by atoms with E-state index >= 15 is 0 Å². The van der Waals surface area contributed by atoms with Crippen molar-refractivity contribution in [1.82, 2.24) is 30.2 Å². The van der Waals surface area contributed by atoms with Crippen LogP contribution < -0.4 is 16.0 Å². The van der Waals surface area contributed by atoms with Crippen molar-refractivity contribution in [2.45, 2.75) is 19.8 Å². The van der Waals surface area contributed by atoms with E-state index in [1.165, 1.54) is 0 Å². The van der Waals surface area contributed by atoms with Gasteiger partial charge in [0.05, 0.1) is 32.7 Å². The van der Waals surface area contributed by atoms with Crippen LogP contribution in [0.2, 0.25) is 0 Å². The second-order valence-electron chi connectivity index (χ2n) is 12.4. The molecule has 0 unspecified atom stereocenters. The molecule has 51 heavy (non-hydrogen) atoms. The van der Waals surface area contributed by atoms with Crippen molar-refractivity contribution < 1.29 is 44.1 Å². The zero-order valence-corrected chi connectivity index (χ0v) is 29.0. The van der Waals surface area contributed by atoms with Gasteiger partial charge in [0.1, 0.15) is 0 Å². The number of carboxylic acids is 3. The predicted molar refractivity (Wildman–Crippen MR) is 189 cm³/mol. The lowest BCUT2D eigenvalue weighted by Gasteiger charge is -2.32. The Hall–Kier alpha value is -4.90. The number of hydrogen-bond donors (Lipinski definition) is 6. The fourth-order valence-electron chi connectivity index (χ4n) is 5.48. The summed E-state index contributed by atoms with van der Waals surface area (Å²) >= 11 is 0. The number of nitrogens with zero attached hydrogens (tertiary/aromatic N) is 4. The summed E-state index contributed by atoms with van der Waals surface area (Å²) in [6.45, 7) is 4.19. The van der Waals surface area contributed by atoms with Crippen LogP contribution in [-0.4, -0.2) is 162 Å². The number of anilines is 1. The topological polar surface area (TPSA) is 212 Å². The Kier molecular flexibility index (Phi) is 17.0. The average molecular weight is 712 g/mol. The summed E-state index contributed by atoms with van der Waals surface area (Å²) in [7, 11) is 0. The number of unbranched alkanes of at least 4 members (excludes halogenated alkanes) is 1. The van der Waals surface area contributed by atoms with Crippen LogP contribution in [0.1, 0.15) is 30.1 Å². The molecule has 278 valence electrons. The highest BCUT2D eigenvalue weighted by Crippen LogP contribution is 2.22. The molecule has 2 aromatic carbocycles. The van der Waals surface area contributed by atoms with Gasteiger partial charge in [-0.05, 0) is 41.8 Å². The molecule has 0 radical (unpaired) electrons. The van der Waals surface area contributed by atoms with Crippen LogP contribution in [0.25, 0.3) is 11.1 Å². The van der Waals surface area contributed by atoms with Crippen LogP contribution in [0, 0.1) is 0 Å². The molecule has 0 aromatic heterocycles. The molecule has 6 N–H and O–H groups in total. The molecule has 1 heterocycles. The first-order chi connectivity index (χ1) is 24.4. The zero-order valence-electron chi connectivity index (χ0n) is 29.0. The third-order valence-corrected chi connectivity index (χ3v) is 8.28. The molecule has 1 aliphatic rings. The summed E-state index contributed by atoms with van der Waals surface area (Å²) in [5.41, 5.74) is 2.69. The third kappa shape index (κ3) is 15.7. The van der Waals surface area contributed by atoms with E-state index in [0.717, 1.165) is 24.0 Å². The van der Waals surface area contributed by atoms with Crippen molar-refractivity contribution in [3.8, 4) is 11.1 Å². The molecule has 1 saturated heterocycles. The molecule has 0 saturated carbocycles. The fourth-order valence-corrected chi connectivity index (χ4v) is 5.48. The van der Waals surface area contributed by atoms with Crippen LogP contribution in [0.3, 0.4) is 0 Å². The number of carboxylic acid groups (broad SMARTS) is 3. The highest BCUT2D eigenvalue weighted by atomic mass is 16.4. The first-order valence-electron chi connectivity index (χ1n) is 17.0. The van der Waals surface area contributed by atoms with E-state index < -0.39 is 17.9 Å². The second kappa shape index (κ2) is 21.3. The minimum Gasteiger partial charge on any atom is -0.480 e. The number of hydrogen-bond acceptors (Lipinski definition) is 10. The van der Waals surface area contributed by atoms with E-state index in [1.54, 1.807) is 51.1 Å². The second-order valence-corrected chi connectivity index (χ2v) is 12.4. The Morgan fingerprint density at radius 2 is 0.980 bits per heavy atom. The fraction of sp³-hybridized carbons (Fsp3) is 0.486. The highest BCUT2D eigenvalue weighted by Gasteiger charge is 2.21. The van der Waals surface area contributed by atoms with E-state index in [1.807, 2.05) is 24.0 Å². The molecule has 1 aliphatic heterocycles. The largest absolute Gasteiger partial charge is 0.480 e. The third-order valence-electron chi connectivity index (χ3n) is 8.28. The number of carbonyl (C=O) groups excluding carboxylic acids is 3. The number of benzene rings is 2. The molecule has 16 heteroatoms. The van der Waals surface area contributed by atoms with Gasteiger partial charge in [0.15, 0.2) is 0 Å². The Labute approximate surface area is 297 Å². The first-order valence-corrected chi connectivity index (χ1v) is 17.0. The quantitative estimate of drug-likeness (QED) is 0.131. The van der Waals surface area contributed by atoms with Gasteiger partial charge in [-0.15, -0.1) is 0 Å². The Morgan fingerprint density at radius 3 is 1.39 bits per heavy atom. The number of rotatable bonds is 16. The van der Waals surface area contributed by atoms with Crippen molar-refractivity contribution in [3.63, 3.8) is 0 Å². The minimum atomic E-state index is -1.03. The molecule has 3 rings (SSSR count). The Morgan fingerprint density at radius 1 is 0.569 bits per heavy atom. The summed E-state index contributed by atoms with van der Waals surface area (Å²) in [4.78, 5) is 78.8. The molecule has 0 atom stereocenters. The minimum absolute atomic E-state index is 0.0152. The Balaban J connectivity index is 1.60. The van der Waals surface area contributed by atoms with Gasteiger partial charge < -0.3 is 31.3 Å². The molecular weight excluding hydrogens is 662 g/mol. The van der Waals surface area contributed by atoms with Gasteiger partial charge in [0.2, 0.25) is 11.8 Å². The number of aliphatic carboxylic acids is 3. The van der Waals surface area contributed by atoms with Crippen molar-refractivity contribution in [2.75, 3.05) is 96.9 Å². The smallest absolute Gasteiger partial charge is 0.317 e. The molecule has 0 spiro atoms. The SMILES string of the molecule is CCCCNC(=O)CNC(=O)c1ccc(-c2ccc(NC(=O)CN3CCN(CC(=O)O)CCN(CC(=O)O)CCN(CC(=O)O)CC3)cc2)cc1. The molecule has 3 amide bonds. The van der Waals surface area contributed by atoms with Crippen molar-refractivity contribution in [3.05, 3.63) is 54.1 Å². The van der Waals surface area contributed by atoms with Crippen LogP contribution >= 0.6 is 0 Å². The maximum absolute atomic E-state index is 13.1. The lowest BCUT2D eigenvalue weighted by atomic mass is 10.0. The van der Waals surface area contributed by atoms with E-state index in [9.17, 15) is 44.1 Å². The van der Waals surface area contributed by atoms with Crippen molar-refractivity contribution >= 4 is 41.3 Å². The van der Waals surface area contributed by atoms with Gasteiger partial charge >= 0.3 is 17.9 Å². The van der Waals surface area contributed by atoms with Crippen molar-refractivity contribution in [1.29, 1.82) is 0 Å². The molecule has 1 fully saturated rings. The van der Waals surface area contributed by atoms with Gasteiger partial charge in [0, 0.05) is 70.2 Å². The summed E-state index contributed by atoms with van der Waals surface area (Å²) < 4.78 is 0. The van der Waals surface area contributed by atoms with Gasteiger partial charge in [0.25, 0.3) is 5.91 Å². The van der Waals surface area contributed by atoms with E-state index in [-0.39, 0.29) is 63.5 Å². The average Bonchev–Trinajstić information content (AvgIpc) is 3.08. The monoisotopic (exact) mass is 711 g/mol. The predicted octanol–water partition coefficient (Wildman–Crippen LogP) is 0.414. The first kappa shape index (κ1) is 40.5. The number of nitrogens with one attached hydrogen (secondary N) is 3. The van der Waals surface area contributed by atoms with Crippen LogP contribution in [0.4, 0.5) is 5.69 Å². The standard InChI is InChI=1S/C35H49N7O9/c1-2-3-12-36-30(43)21-37-35(51)28-6-4-26(5-7-28)27-8-10-29(11-9-27)38-31(44)22-39-13-15-40(23-32(45)46)17-19-42(25-34(49)50)20-18-41(16-14-39)24-33(47)48/h4-11H,2-3,12-25H2,1H3,(H,36,43)(H,37,51)(H,38,44)(H,45,46)(H,47,48)(H,49,50). The van der Waals surface area contributed by atoms with Crippen LogP contribution in [0.15, 0.2) is 48.5 Å². The lowest BCUT2D eigenvalue weighted by Crippen LogP contribution is -2.49. The van der Waals surface area contributed by atoms with Gasteiger partial charge in [-0.3, -0.25) is 48.4 Å². The van der Waals surface area contributed by atoms with E-state index in [4.69, 9.17) is 0 Å². The highest BCUT2D eigenvalue weighted by molar-refractivity contribution is 5.97. The Bertz CT molecular complexity index is 1440. The summed E-state index contributed by atoms with van der Waals surface area (Å²) in [5.74, 6) is -3.96. The van der Waals surface area contributed by atoms with Crippen LogP contribution in [-0.2, 0) is 24.0 Å². The lowest BCUT2D eigenvalue weighted by molar-refractivity contribution is -0.140. The van der Waals surface area contributed by atoms with Gasteiger partial charge in [-0.1, -0.05) is 37.6 Å². The zero-order chi connectivity index (χ0) is 37.2. The van der Waals surface area contributed by atoms with Crippen molar-refractivity contribution in [2.24, 2.45) is 0 Å².